The number of aromatic nitrogens is 1. The maximum absolute atomic E-state index is 12.1. The van der Waals surface area contributed by atoms with E-state index in [1.54, 1.807) is 6.92 Å². The van der Waals surface area contributed by atoms with Crippen LogP contribution in [0.1, 0.15) is 59.4 Å². The van der Waals surface area contributed by atoms with Crippen LogP contribution < -0.4 is 4.74 Å². The number of carbonyl (C=O) groups is 1. The third kappa shape index (κ3) is 5.96. The summed E-state index contributed by atoms with van der Waals surface area (Å²) in [6.45, 7) is 9.45. The summed E-state index contributed by atoms with van der Waals surface area (Å²) in [5.41, 5.74) is 6.09. The van der Waals surface area contributed by atoms with Gasteiger partial charge in [0.2, 0.25) is 0 Å². The second-order valence-electron chi connectivity index (χ2n) is 9.89. The van der Waals surface area contributed by atoms with Gasteiger partial charge in [0, 0.05) is 53.6 Å². The molecule has 0 spiro atoms. The molecule has 0 saturated carbocycles. The molecule has 0 bridgehead atoms. The van der Waals surface area contributed by atoms with Crippen LogP contribution >= 0.6 is 11.6 Å². The number of benzene rings is 2. The second kappa shape index (κ2) is 11.6. The van der Waals surface area contributed by atoms with Gasteiger partial charge in [-0.05, 0) is 80.4 Å². The Kier molecular flexibility index (Phi) is 8.04. The number of ketones is 1. The summed E-state index contributed by atoms with van der Waals surface area (Å²) < 4.78 is 6.09. The molecule has 0 unspecified atom stereocenters. The summed E-state index contributed by atoms with van der Waals surface area (Å²) in [5, 5.41) is 0.784. The first-order valence-corrected chi connectivity index (χ1v) is 13.5. The largest absolute Gasteiger partial charge is 0.487 e. The predicted molar refractivity (Wildman–Crippen MR) is 149 cm³/mol. The van der Waals surface area contributed by atoms with Crippen LogP contribution in [0.25, 0.3) is 5.57 Å². The van der Waals surface area contributed by atoms with Crippen LogP contribution in [0.2, 0.25) is 5.02 Å². The van der Waals surface area contributed by atoms with Gasteiger partial charge in [0.1, 0.15) is 12.4 Å². The van der Waals surface area contributed by atoms with Gasteiger partial charge in [-0.3, -0.25) is 14.7 Å². The molecule has 5 nitrogen and oxygen atoms in total. The first kappa shape index (κ1) is 25.7. The predicted octanol–water partition coefficient (Wildman–Crippen LogP) is 6.25. The molecule has 1 fully saturated rings. The van der Waals surface area contributed by atoms with Crippen LogP contribution in [0.15, 0.2) is 66.9 Å². The highest BCUT2D eigenvalue weighted by Gasteiger charge is 2.27. The zero-order valence-corrected chi connectivity index (χ0v) is 22.4. The molecule has 2 aliphatic heterocycles. The monoisotopic (exact) mass is 515 g/mol. The van der Waals surface area contributed by atoms with E-state index in [2.05, 4.69) is 46.0 Å². The highest BCUT2D eigenvalue weighted by molar-refractivity contribution is 6.30. The Hall–Kier alpha value is -2.99. The number of carbonyl (C=O) groups excluding carboxylic acids is 1. The minimum absolute atomic E-state index is 0.0556. The Labute approximate surface area is 224 Å². The van der Waals surface area contributed by atoms with E-state index < -0.39 is 0 Å². The quantitative estimate of drug-likeness (QED) is 0.332. The van der Waals surface area contributed by atoms with Crippen LogP contribution in [0.5, 0.6) is 5.75 Å². The van der Waals surface area contributed by atoms with Crippen LogP contribution in [0.4, 0.5) is 0 Å². The van der Waals surface area contributed by atoms with Gasteiger partial charge in [0.05, 0.1) is 5.69 Å². The number of nitrogens with zero attached hydrogens (tertiary/aromatic N) is 3. The Morgan fingerprint density at radius 1 is 1.19 bits per heavy atom. The van der Waals surface area contributed by atoms with Gasteiger partial charge >= 0.3 is 0 Å². The summed E-state index contributed by atoms with van der Waals surface area (Å²) in [7, 11) is 0. The number of rotatable bonds is 8. The zero-order valence-electron chi connectivity index (χ0n) is 21.6. The summed E-state index contributed by atoms with van der Waals surface area (Å²) in [6.07, 6.45) is 6.22. The van der Waals surface area contributed by atoms with E-state index in [1.807, 2.05) is 42.6 Å². The zero-order chi connectivity index (χ0) is 25.8. The smallest absolute Gasteiger partial charge is 0.159 e. The van der Waals surface area contributed by atoms with Gasteiger partial charge in [0.15, 0.2) is 5.78 Å². The van der Waals surface area contributed by atoms with Crippen molar-refractivity contribution >= 4 is 23.0 Å². The van der Waals surface area contributed by atoms with Crippen molar-refractivity contribution in [3.63, 3.8) is 0 Å². The number of fused-ring (bicyclic) bond motifs is 2. The van der Waals surface area contributed by atoms with E-state index in [0.717, 1.165) is 72.3 Å². The lowest BCUT2D eigenvalue weighted by molar-refractivity contribution is 0.101. The van der Waals surface area contributed by atoms with Crippen molar-refractivity contribution in [2.45, 2.75) is 45.9 Å². The minimum atomic E-state index is 0.0556. The molecule has 6 heteroatoms. The second-order valence-corrected chi connectivity index (χ2v) is 10.3. The lowest BCUT2D eigenvalue weighted by atomic mass is 9.94. The fourth-order valence-electron chi connectivity index (χ4n) is 5.42. The molecule has 1 aromatic heterocycles. The van der Waals surface area contributed by atoms with Crippen LogP contribution in [-0.2, 0) is 13.2 Å². The van der Waals surface area contributed by atoms with Crippen LogP contribution in [0.3, 0.4) is 0 Å². The molecule has 2 aliphatic rings. The molecule has 192 valence electrons. The maximum Gasteiger partial charge on any atom is 0.159 e. The average Bonchev–Trinajstić information content (AvgIpc) is 3.32. The number of likely N-dealkylation sites (N-methyl/N-ethyl adjacent to an activating group) is 1. The van der Waals surface area contributed by atoms with Gasteiger partial charge in [0.25, 0.3) is 0 Å². The van der Waals surface area contributed by atoms with E-state index in [-0.39, 0.29) is 5.78 Å². The Balaban J connectivity index is 1.29. The van der Waals surface area contributed by atoms with E-state index in [0.29, 0.717) is 18.2 Å². The lowest BCUT2D eigenvalue weighted by Gasteiger charge is -2.28. The molecule has 1 saturated heterocycles. The van der Waals surface area contributed by atoms with E-state index >= 15 is 0 Å². The molecule has 0 amide bonds. The fourth-order valence-corrected chi connectivity index (χ4v) is 5.55. The van der Waals surface area contributed by atoms with E-state index in [1.165, 1.54) is 12.0 Å². The number of hydrogen-bond acceptors (Lipinski definition) is 5. The Bertz CT molecular complexity index is 1290. The van der Waals surface area contributed by atoms with E-state index in [9.17, 15) is 4.79 Å². The highest BCUT2D eigenvalue weighted by atomic mass is 35.5. The van der Waals surface area contributed by atoms with Crippen molar-refractivity contribution in [1.29, 1.82) is 0 Å². The summed E-state index contributed by atoms with van der Waals surface area (Å²) in [4.78, 5) is 21.8. The summed E-state index contributed by atoms with van der Waals surface area (Å²) in [5.74, 6) is 0.858. The third-order valence-electron chi connectivity index (χ3n) is 7.48. The summed E-state index contributed by atoms with van der Waals surface area (Å²) in [6, 6.07) is 18.6. The Morgan fingerprint density at radius 3 is 2.81 bits per heavy atom. The normalized spacial score (nSPS) is 18.4. The molecule has 1 atom stereocenters. The van der Waals surface area contributed by atoms with Crippen molar-refractivity contribution in [3.05, 3.63) is 99.8 Å². The van der Waals surface area contributed by atoms with Gasteiger partial charge < -0.3 is 9.64 Å². The van der Waals surface area contributed by atoms with E-state index in [4.69, 9.17) is 16.3 Å². The van der Waals surface area contributed by atoms with Crippen molar-refractivity contribution < 1.29 is 9.53 Å². The molecule has 0 radical (unpaired) electrons. The van der Waals surface area contributed by atoms with Crippen molar-refractivity contribution in [2.24, 2.45) is 0 Å². The highest BCUT2D eigenvalue weighted by Crippen LogP contribution is 2.37. The average molecular weight is 516 g/mol. The first-order chi connectivity index (χ1) is 18.0. The van der Waals surface area contributed by atoms with Crippen molar-refractivity contribution in [2.75, 3.05) is 26.2 Å². The molecule has 2 aromatic carbocycles. The lowest BCUT2D eigenvalue weighted by Crippen LogP contribution is -2.37. The van der Waals surface area contributed by atoms with Gasteiger partial charge in [-0.1, -0.05) is 42.8 Å². The maximum atomic E-state index is 12.1. The minimum Gasteiger partial charge on any atom is -0.487 e. The molecular formula is C31H34ClN3O2. The Morgan fingerprint density at radius 2 is 2.03 bits per heavy atom. The van der Waals surface area contributed by atoms with Crippen molar-refractivity contribution in [1.82, 2.24) is 14.8 Å². The summed E-state index contributed by atoms with van der Waals surface area (Å²) >= 11 is 6.07. The topological polar surface area (TPSA) is 45.7 Å². The number of likely N-dealkylation sites (tertiary alicyclic amines) is 1. The number of pyridine rings is 1. The SMILES string of the molecule is CCN(Cc1ccc(Cl)cc1)[C@@H]1CCN(CC/C=C2/c3cc(C(C)=O)ccc3OCc3ncccc32)C1. The number of ether oxygens (including phenoxy) is 1. The van der Waals surface area contributed by atoms with Crippen molar-refractivity contribution in [3.8, 4) is 5.75 Å². The molecule has 0 aliphatic carbocycles. The van der Waals surface area contributed by atoms with Crippen LogP contribution in [-0.4, -0.2) is 52.8 Å². The molecule has 37 heavy (non-hydrogen) atoms. The number of hydrogen-bond donors (Lipinski definition) is 0. The molecule has 5 rings (SSSR count). The third-order valence-corrected chi connectivity index (χ3v) is 7.74. The fraction of sp³-hybridized carbons (Fsp3) is 0.355. The first-order valence-electron chi connectivity index (χ1n) is 13.1. The molecule has 3 aromatic rings. The van der Waals surface area contributed by atoms with Crippen LogP contribution in [0, 0.1) is 0 Å². The molecule has 0 N–H and O–H groups in total. The standard InChI is InChI=1S/C31H34ClN3O2/c1-3-35(19-23-8-11-25(32)12-9-23)26-14-17-34(20-26)16-5-7-27-28-6-4-15-33-30(28)21-37-31-13-10-24(22(2)36)18-29(27)31/h4,6-13,15,18,26H,3,5,14,16-17,19-21H2,1-2H3/b27-7+/t26-/m1/s1. The van der Waals surface area contributed by atoms with Gasteiger partial charge in [-0.15, -0.1) is 0 Å². The number of halogens is 1. The van der Waals surface area contributed by atoms with Gasteiger partial charge in [-0.2, -0.15) is 0 Å². The molecule has 3 heterocycles. The van der Waals surface area contributed by atoms with Gasteiger partial charge in [-0.25, -0.2) is 0 Å². The molecular weight excluding hydrogens is 482 g/mol. The number of Topliss-reactive ketones (excluding diaryl/α,β-unsaturated/α-hetero) is 1.